The summed E-state index contributed by atoms with van der Waals surface area (Å²) in [6.07, 6.45) is 0.951. The van der Waals surface area contributed by atoms with Crippen LogP contribution in [0.5, 0.6) is 5.75 Å². The molecule has 0 saturated carbocycles. The van der Waals surface area contributed by atoms with Crippen molar-refractivity contribution in [3.05, 3.63) is 23.8 Å². The van der Waals surface area contributed by atoms with Gasteiger partial charge in [0.25, 0.3) is 5.91 Å². The van der Waals surface area contributed by atoms with Crippen molar-refractivity contribution in [2.24, 2.45) is 0 Å². The molecule has 1 rings (SSSR count). The van der Waals surface area contributed by atoms with Gasteiger partial charge in [-0.1, -0.05) is 6.92 Å². The van der Waals surface area contributed by atoms with E-state index in [9.17, 15) is 10.1 Å². The summed E-state index contributed by atoms with van der Waals surface area (Å²) in [6.45, 7) is 7.31. The highest BCUT2D eigenvalue weighted by Gasteiger charge is 2.27. The van der Waals surface area contributed by atoms with Crippen LogP contribution in [-0.4, -0.2) is 24.7 Å². The molecular formula is C16H22N2O3. The molecule has 0 radical (unpaired) electrons. The van der Waals surface area contributed by atoms with Crippen LogP contribution in [0.15, 0.2) is 18.2 Å². The lowest BCUT2D eigenvalue weighted by Crippen LogP contribution is -2.39. The van der Waals surface area contributed by atoms with Gasteiger partial charge < -0.3 is 14.8 Å². The molecule has 1 atom stereocenters. The van der Waals surface area contributed by atoms with Crippen LogP contribution in [0.1, 0.15) is 39.7 Å². The third kappa shape index (κ3) is 4.47. The number of hydrogen-bond donors (Lipinski definition) is 1. The molecule has 0 bridgehead atoms. The van der Waals surface area contributed by atoms with Gasteiger partial charge in [-0.25, -0.2) is 0 Å². The van der Waals surface area contributed by atoms with Crippen LogP contribution in [-0.2, 0) is 9.53 Å². The highest BCUT2D eigenvalue weighted by molar-refractivity contribution is 5.97. The van der Waals surface area contributed by atoms with Gasteiger partial charge in [0.1, 0.15) is 17.4 Å². The van der Waals surface area contributed by atoms with Gasteiger partial charge in [0, 0.05) is 13.2 Å². The smallest absolute Gasteiger partial charge is 0.256 e. The zero-order valence-corrected chi connectivity index (χ0v) is 13.2. The molecule has 0 aliphatic rings. The number of nitriles is 1. The van der Waals surface area contributed by atoms with Crippen LogP contribution in [0.25, 0.3) is 0 Å². The first-order valence-corrected chi connectivity index (χ1v) is 6.91. The molecule has 114 valence electrons. The second-order valence-corrected chi connectivity index (χ2v) is 5.32. The van der Waals surface area contributed by atoms with Crippen molar-refractivity contribution in [2.45, 2.75) is 45.8 Å². The molecule has 1 N–H and O–H groups in total. The first-order chi connectivity index (χ1) is 9.83. The molecule has 5 nitrogen and oxygen atoms in total. The number of amides is 1. The van der Waals surface area contributed by atoms with Gasteiger partial charge in [0.15, 0.2) is 0 Å². The van der Waals surface area contributed by atoms with Crippen molar-refractivity contribution in [2.75, 3.05) is 12.4 Å². The number of anilines is 1. The Kier molecular flexibility index (Phi) is 5.74. The van der Waals surface area contributed by atoms with Crippen molar-refractivity contribution in [3.8, 4) is 11.8 Å². The Morgan fingerprint density at radius 1 is 1.48 bits per heavy atom. The van der Waals surface area contributed by atoms with Crippen LogP contribution >= 0.6 is 0 Å². The van der Waals surface area contributed by atoms with Gasteiger partial charge in [-0.05, 0) is 39.3 Å². The number of methoxy groups -OCH3 is 1. The topological polar surface area (TPSA) is 71.3 Å². The van der Waals surface area contributed by atoms with E-state index in [0.717, 1.165) is 6.42 Å². The molecule has 1 aromatic rings. The van der Waals surface area contributed by atoms with Gasteiger partial charge >= 0.3 is 0 Å². The maximum absolute atomic E-state index is 12.1. The lowest BCUT2D eigenvalue weighted by Gasteiger charge is -2.22. The minimum Gasteiger partial charge on any atom is -0.491 e. The van der Waals surface area contributed by atoms with E-state index in [1.54, 1.807) is 32.0 Å². The number of nitrogens with one attached hydrogen (secondary N) is 1. The molecule has 0 fully saturated rings. The standard InChI is InChI=1S/C16H22N2O3/c1-6-11(2)21-13-7-8-14(12(9-13)10-17)18-15(19)16(3,4)20-5/h7-9,11H,6H2,1-5H3,(H,18,19). The SMILES string of the molecule is CCC(C)Oc1ccc(NC(=O)C(C)(C)OC)c(C#N)c1. The van der Waals surface area contributed by atoms with Crippen molar-refractivity contribution in [1.82, 2.24) is 0 Å². The van der Waals surface area contributed by atoms with E-state index >= 15 is 0 Å². The van der Waals surface area contributed by atoms with Crippen LogP contribution in [0, 0.1) is 11.3 Å². The Morgan fingerprint density at radius 3 is 2.67 bits per heavy atom. The number of carbonyl (C=O) groups is 1. The van der Waals surface area contributed by atoms with Crippen molar-refractivity contribution >= 4 is 11.6 Å². The Labute approximate surface area is 125 Å². The summed E-state index contributed by atoms with van der Waals surface area (Å²) in [5, 5.41) is 11.9. The molecular weight excluding hydrogens is 268 g/mol. The Bertz CT molecular complexity index is 547. The van der Waals surface area contributed by atoms with Gasteiger partial charge in [-0.2, -0.15) is 5.26 Å². The van der Waals surface area contributed by atoms with Gasteiger partial charge in [-0.3, -0.25) is 4.79 Å². The fourth-order valence-electron chi connectivity index (χ4n) is 1.48. The molecule has 0 spiro atoms. The highest BCUT2D eigenvalue weighted by atomic mass is 16.5. The largest absolute Gasteiger partial charge is 0.491 e. The van der Waals surface area contributed by atoms with Gasteiger partial charge in [-0.15, -0.1) is 0 Å². The molecule has 0 aliphatic heterocycles. The Hall–Kier alpha value is -2.06. The molecule has 5 heteroatoms. The minimum atomic E-state index is -0.960. The summed E-state index contributed by atoms with van der Waals surface area (Å²) in [5.74, 6) is 0.307. The molecule has 0 saturated heterocycles. The molecule has 0 heterocycles. The fourth-order valence-corrected chi connectivity index (χ4v) is 1.48. The predicted octanol–water partition coefficient (Wildman–Crippen LogP) is 3.10. The zero-order chi connectivity index (χ0) is 16.0. The summed E-state index contributed by atoms with van der Waals surface area (Å²) in [7, 11) is 1.47. The first kappa shape index (κ1) is 17.0. The summed E-state index contributed by atoms with van der Waals surface area (Å²) in [5.41, 5.74) is -0.154. The van der Waals surface area contributed by atoms with E-state index in [4.69, 9.17) is 9.47 Å². The van der Waals surface area contributed by atoms with E-state index < -0.39 is 5.60 Å². The first-order valence-electron chi connectivity index (χ1n) is 6.91. The number of carbonyl (C=O) groups excluding carboxylic acids is 1. The van der Waals surface area contributed by atoms with Crippen molar-refractivity contribution in [3.63, 3.8) is 0 Å². The number of benzene rings is 1. The third-order valence-corrected chi connectivity index (χ3v) is 3.33. The lowest BCUT2D eigenvalue weighted by molar-refractivity contribution is -0.133. The van der Waals surface area contributed by atoms with Crippen molar-refractivity contribution < 1.29 is 14.3 Å². The number of hydrogen-bond acceptors (Lipinski definition) is 4. The van der Waals surface area contributed by atoms with E-state index in [0.29, 0.717) is 17.0 Å². The molecule has 0 aromatic heterocycles. The second kappa shape index (κ2) is 7.09. The number of ether oxygens (including phenoxy) is 2. The summed E-state index contributed by atoms with van der Waals surface area (Å²) >= 11 is 0. The van der Waals surface area contributed by atoms with Gasteiger partial charge in [0.2, 0.25) is 0 Å². The zero-order valence-electron chi connectivity index (χ0n) is 13.2. The van der Waals surface area contributed by atoms with Crippen LogP contribution in [0.2, 0.25) is 0 Å². The minimum absolute atomic E-state index is 0.0735. The van der Waals surface area contributed by atoms with Crippen LogP contribution < -0.4 is 10.1 Å². The molecule has 0 aliphatic carbocycles. The molecule has 1 aromatic carbocycles. The van der Waals surface area contributed by atoms with E-state index in [-0.39, 0.29) is 12.0 Å². The lowest BCUT2D eigenvalue weighted by atomic mass is 10.1. The van der Waals surface area contributed by atoms with Crippen LogP contribution in [0.4, 0.5) is 5.69 Å². The normalized spacial score (nSPS) is 12.4. The monoisotopic (exact) mass is 290 g/mol. The average molecular weight is 290 g/mol. The van der Waals surface area contributed by atoms with Crippen molar-refractivity contribution in [1.29, 1.82) is 5.26 Å². The van der Waals surface area contributed by atoms with E-state index in [1.807, 2.05) is 13.8 Å². The fraction of sp³-hybridized carbons (Fsp3) is 0.500. The summed E-state index contributed by atoms with van der Waals surface area (Å²) in [4.78, 5) is 12.1. The molecule has 1 amide bonds. The highest BCUT2D eigenvalue weighted by Crippen LogP contribution is 2.24. The quantitative estimate of drug-likeness (QED) is 0.874. The maximum Gasteiger partial charge on any atom is 0.256 e. The molecule has 21 heavy (non-hydrogen) atoms. The van der Waals surface area contributed by atoms with Crippen LogP contribution in [0.3, 0.4) is 0 Å². The number of rotatable bonds is 6. The average Bonchev–Trinajstić information content (AvgIpc) is 2.48. The Balaban J connectivity index is 2.95. The number of nitrogens with zero attached hydrogens (tertiary/aromatic N) is 1. The maximum atomic E-state index is 12.1. The molecule has 1 unspecified atom stereocenters. The van der Waals surface area contributed by atoms with Gasteiger partial charge in [0.05, 0.1) is 17.4 Å². The third-order valence-electron chi connectivity index (χ3n) is 3.33. The summed E-state index contributed by atoms with van der Waals surface area (Å²) < 4.78 is 10.8. The second-order valence-electron chi connectivity index (χ2n) is 5.32. The van der Waals surface area contributed by atoms with E-state index in [2.05, 4.69) is 11.4 Å². The van der Waals surface area contributed by atoms with E-state index in [1.165, 1.54) is 7.11 Å². The predicted molar refractivity (Wildman–Crippen MR) is 81.3 cm³/mol. The summed E-state index contributed by atoms with van der Waals surface area (Å²) in [6, 6.07) is 7.10. The Morgan fingerprint density at radius 2 is 2.14 bits per heavy atom.